The van der Waals surface area contributed by atoms with E-state index in [1.807, 2.05) is 18.2 Å². The van der Waals surface area contributed by atoms with Gasteiger partial charge in [-0.15, -0.1) is 0 Å². The van der Waals surface area contributed by atoms with Gasteiger partial charge in [-0.05, 0) is 54.6 Å². The molecule has 0 spiro atoms. The van der Waals surface area contributed by atoms with Crippen LogP contribution in [0.5, 0.6) is 5.88 Å². The second-order valence-electron chi connectivity index (χ2n) is 3.37. The quantitative estimate of drug-likeness (QED) is 0.668. The summed E-state index contributed by atoms with van der Waals surface area (Å²) in [6.07, 6.45) is 2.49. The third kappa shape index (κ3) is 2.81. The van der Waals surface area contributed by atoms with E-state index in [1.165, 1.54) is 0 Å². The van der Waals surface area contributed by atoms with Crippen molar-refractivity contribution in [3.05, 3.63) is 21.9 Å². The molecule has 0 bridgehead atoms. The summed E-state index contributed by atoms with van der Waals surface area (Å²) in [5.41, 5.74) is 0. The smallest absolute Gasteiger partial charge is 0.214 e. The fourth-order valence-corrected chi connectivity index (χ4v) is 1.98. The van der Waals surface area contributed by atoms with Gasteiger partial charge in [-0.2, -0.15) is 0 Å². The van der Waals surface area contributed by atoms with Crippen LogP contribution in [0.3, 0.4) is 0 Å². The zero-order valence-corrected chi connectivity index (χ0v) is 10.0. The lowest BCUT2D eigenvalue weighted by atomic mass is 10.1. The van der Waals surface area contributed by atoms with Crippen LogP contribution in [0.1, 0.15) is 12.8 Å². The first-order chi connectivity index (χ1) is 6.84. The normalized spacial score (nSPS) is 18.1. The first-order valence-corrected chi connectivity index (χ1v) is 5.92. The Labute approximate surface area is 97.4 Å². The zero-order chi connectivity index (χ0) is 9.80. The highest BCUT2D eigenvalue weighted by Gasteiger charge is 2.14. The Morgan fingerprint density at radius 1 is 1.36 bits per heavy atom. The molecule has 76 valence electrons. The average molecular weight is 304 g/mol. The van der Waals surface area contributed by atoms with E-state index in [2.05, 4.69) is 32.9 Å². The number of rotatable bonds is 2. The van der Waals surface area contributed by atoms with Crippen molar-refractivity contribution < 1.29 is 4.74 Å². The maximum Gasteiger partial charge on any atom is 0.214 e. The Hall–Kier alpha value is -0.360. The average Bonchev–Trinajstić information content (AvgIpc) is 2.19. The van der Waals surface area contributed by atoms with Gasteiger partial charge in [0.15, 0.2) is 0 Å². The number of nitrogens with zero attached hydrogens (tertiary/aromatic N) is 1. The van der Waals surface area contributed by atoms with E-state index >= 15 is 0 Å². The molecule has 1 N–H and O–H groups in total. The van der Waals surface area contributed by atoms with Gasteiger partial charge in [0, 0.05) is 6.07 Å². The summed E-state index contributed by atoms with van der Waals surface area (Å²) in [7, 11) is 0. The predicted octanol–water partition coefficient (Wildman–Crippen LogP) is 1.82. The number of hydrogen-bond donors (Lipinski definition) is 1. The Bertz CT molecular complexity index is 300. The molecule has 1 aromatic rings. The van der Waals surface area contributed by atoms with Gasteiger partial charge < -0.3 is 10.1 Å². The number of hydrogen-bond acceptors (Lipinski definition) is 3. The van der Waals surface area contributed by atoms with Gasteiger partial charge in [-0.1, -0.05) is 6.07 Å². The van der Waals surface area contributed by atoms with Crippen LogP contribution in [0.15, 0.2) is 18.2 Å². The van der Waals surface area contributed by atoms with E-state index in [1.54, 1.807) is 0 Å². The molecule has 1 fully saturated rings. The van der Waals surface area contributed by atoms with Crippen molar-refractivity contribution >= 4 is 22.6 Å². The number of halogens is 1. The Balaban J connectivity index is 1.95. The molecule has 0 saturated carbocycles. The first-order valence-electron chi connectivity index (χ1n) is 4.84. The summed E-state index contributed by atoms with van der Waals surface area (Å²) in [4.78, 5) is 4.31. The molecule has 0 aromatic carbocycles. The van der Waals surface area contributed by atoms with Crippen LogP contribution in [0.2, 0.25) is 0 Å². The second-order valence-corrected chi connectivity index (χ2v) is 4.47. The topological polar surface area (TPSA) is 34.1 Å². The lowest BCUT2D eigenvalue weighted by molar-refractivity contribution is 0.155. The van der Waals surface area contributed by atoms with E-state index in [9.17, 15) is 0 Å². The highest BCUT2D eigenvalue weighted by atomic mass is 127. The second kappa shape index (κ2) is 4.93. The van der Waals surface area contributed by atoms with Gasteiger partial charge in [0.1, 0.15) is 9.80 Å². The van der Waals surface area contributed by atoms with Crippen LogP contribution >= 0.6 is 22.6 Å². The Kier molecular flexibility index (Phi) is 3.58. The molecule has 1 aromatic heterocycles. The van der Waals surface area contributed by atoms with Gasteiger partial charge in [0.25, 0.3) is 0 Å². The molecule has 2 rings (SSSR count). The Morgan fingerprint density at radius 3 is 2.86 bits per heavy atom. The summed E-state index contributed by atoms with van der Waals surface area (Å²) in [5.74, 6) is 0.754. The summed E-state index contributed by atoms with van der Waals surface area (Å²) in [6.45, 7) is 2.10. The maximum absolute atomic E-state index is 5.78. The van der Waals surface area contributed by atoms with Crippen molar-refractivity contribution in [2.24, 2.45) is 0 Å². The van der Waals surface area contributed by atoms with Crippen molar-refractivity contribution in [2.75, 3.05) is 13.1 Å². The molecular weight excluding hydrogens is 291 g/mol. The van der Waals surface area contributed by atoms with E-state index in [-0.39, 0.29) is 0 Å². The molecule has 0 amide bonds. The molecule has 14 heavy (non-hydrogen) atoms. The van der Waals surface area contributed by atoms with Gasteiger partial charge in [-0.3, -0.25) is 0 Å². The molecule has 0 radical (unpaired) electrons. The minimum absolute atomic E-state index is 0.335. The number of nitrogens with one attached hydrogen (secondary N) is 1. The maximum atomic E-state index is 5.78. The first kappa shape index (κ1) is 10.2. The minimum Gasteiger partial charge on any atom is -0.474 e. The van der Waals surface area contributed by atoms with Crippen molar-refractivity contribution in [1.82, 2.24) is 10.3 Å². The van der Waals surface area contributed by atoms with E-state index in [4.69, 9.17) is 4.74 Å². The Morgan fingerprint density at radius 2 is 2.14 bits per heavy atom. The fraction of sp³-hybridized carbons (Fsp3) is 0.500. The van der Waals surface area contributed by atoms with E-state index in [0.717, 1.165) is 35.5 Å². The van der Waals surface area contributed by atoms with Crippen LogP contribution in [-0.4, -0.2) is 24.2 Å². The van der Waals surface area contributed by atoms with Crippen LogP contribution in [-0.2, 0) is 0 Å². The van der Waals surface area contributed by atoms with Gasteiger partial charge in [-0.25, -0.2) is 4.98 Å². The third-order valence-electron chi connectivity index (χ3n) is 2.26. The number of ether oxygens (including phenoxy) is 1. The highest BCUT2D eigenvalue weighted by Crippen LogP contribution is 2.15. The summed E-state index contributed by atoms with van der Waals surface area (Å²) >= 11 is 2.20. The fourth-order valence-electron chi connectivity index (χ4n) is 1.54. The molecule has 1 saturated heterocycles. The number of piperidine rings is 1. The van der Waals surface area contributed by atoms with Crippen LogP contribution < -0.4 is 10.1 Å². The van der Waals surface area contributed by atoms with Crippen LogP contribution in [0.25, 0.3) is 0 Å². The predicted molar refractivity (Wildman–Crippen MR) is 63.5 cm³/mol. The van der Waals surface area contributed by atoms with Gasteiger partial charge >= 0.3 is 0 Å². The molecule has 2 heterocycles. The van der Waals surface area contributed by atoms with Gasteiger partial charge in [0.2, 0.25) is 5.88 Å². The minimum atomic E-state index is 0.335. The van der Waals surface area contributed by atoms with Crippen molar-refractivity contribution in [2.45, 2.75) is 18.9 Å². The molecule has 0 atom stereocenters. The standard InChI is InChI=1S/C10H13IN2O/c11-9-2-1-3-10(13-9)14-8-4-6-12-7-5-8/h1-3,8,12H,4-7H2. The number of pyridine rings is 1. The summed E-state index contributed by atoms with van der Waals surface area (Å²) in [5, 5.41) is 3.31. The molecule has 1 aliphatic heterocycles. The lowest BCUT2D eigenvalue weighted by Crippen LogP contribution is -2.34. The van der Waals surface area contributed by atoms with Crippen molar-refractivity contribution in [1.29, 1.82) is 0 Å². The summed E-state index contributed by atoms with van der Waals surface area (Å²) < 4.78 is 6.76. The summed E-state index contributed by atoms with van der Waals surface area (Å²) in [6, 6.07) is 5.87. The van der Waals surface area contributed by atoms with Crippen LogP contribution in [0, 0.1) is 3.70 Å². The molecular formula is C10H13IN2O. The third-order valence-corrected chi connectivity index (χ3v) is 2.86. The molecule has 0 unspecified atom stereocenters. The van der Waals surface area contributed by atoms with E-state index in [0.29, 0.717) is 6.10 Å². The SMILES string of the molecule is Ic1cccc(OC2CCNCC2)n1. The zero-order valence-electron chi connectivity index (χ0n) is 7.87. The molecule has 3 nitrogen and oxygen atoms in total. The molecule has 1 aliphatic rings. The van der Waals surface area contributed by atoms with Crippen LogP contribution in [0.4, 0.5) is 0 Å². The van der Waals surface area contributed by atoms with Crippen molar-refractivity contribution in [3.8, 4) is 5.88 Å². The van der Waals surface area contributed by atoms with Crippen molar-refractivity contribution in [3.63, 3.8) is 0 Å². The highest BCUT2D eigenvalue weighted by molar-refractivity contribution is 14.1. The van der Waals surface area contributed by atoms with E-state index < -0.39 is 0 Å². The lowest BCUT2D eigenvalue weighted by Gasteiger charge is -2.23. The molecule has 0 aliphatic carbocycles. The number of aromatic nitrogens is 1. The molecule has 4 heteroatoms. The van der Waals surface area contributed by atoms with Gasteiger partial charge in [0.05, 0.1) is 0 Å². The monoisotopic (exact) mass is 304 g/mol. The largest absolute Gasteiger partial charge is 0.474 e.